The first-order valence-electron chi connectivity index (χ1n) is 12.9. The van der Waals surface area contributed by atoms with Crippen molar-refractivity contribution in [1.29, 1.82) is 0 Å². The lowest BCUT2D eigenvalue weighted by molar-refractivity contribution is -0.145. The summed E-state index contributed by atoms with van der Waals surface area (Å²) in [5.74, 6) is -1.51. The van der Waals surface area contributed by atoms with Gasteiger partial charge >= 0.3 is 11.9 Å². The fourth-order valence-electron chi connectivity index (χ4n) is 4.18. The van der Waals surface area contributed by atoms with Gasteiger partial charge in [-0.25, -0.2) is 9.59 Å². The van der Waals surface area contributed by atoms with Gasteiger partial charge in [0.25, 0.3) is 0 Å². The molecule has 0 fully saturated rings. The van der Waals surface area contributed by atoms with Crippen LogP contribution in [0.2, 0.25) is 0 Å². The van der Waals surface area contributed by atoms with Gasteiger partial charge in [-0.1, -0.05) is 60.7 Å². The number of carbonyl (C=O) groups excluding carboxylic acids is 4. The lowest BCUT2D eigenvalue weighted by atomic mass is 10.1. The molecule has 9 heteroatoms. The fourth-order valence-corrected chi connectivity index (χ4v) is 4.18. The summed E-state index contributed by atoms with van der Waals surface area (Å²) in [7, 11) is 2.60. The van der Waals surface area contributed by atoms with Crippen LogP contribution in [-0.2, 0) is 54.3 Å². The average Bonchev–Trinajstić information content (AvgIpc) is 3.42. The van der Waals surface area contributed by atoms with E-state index in [9.17, 15) is 19.2 Å². The number of aromatic nitrogens is 1. The Hall–Kier alpha value is -4.40. The highest BCUT2D eigenvalue weighted by molar-refractivity contribution is 5.85. The van der Waals surface area contributed by atoms with Crippen LogP contribution in [0.4, 0.5) is 0 Å². The average molecular weight is 534 g/mol. The van der Waals surface area contributed by atoms with E-state index in [-0.39, 0.29) is 24.7 Å². The van der Waals surface area contributed by atoms with Gasteiger partial charge in [0, 0.05) is 37.1 Å². The summed E-state index contributed by atoms with van der Waals surface area (Å²) >= 11 is 0. The van der Waals surface area contributed by atoms with E-state index in [1.54, 1.807) is 0 Å². The van der Waals surface area contributed by atoms with E-state index < -0.39 is 24.0 Å². The van der Waals surface area contributed by atoms with Crippen molar-refractivity contribution < 1.29 is 28.7 Å². The van der Waals surface area contributed by atoms with Gasteiger partial charge in [0.15, 0.2) is 0 Å². The van der Waals surface area contributed by atoms with E-state index in [4.69, 9.17) is 9.47 Å². The number of esters is 2. The first-order chi connectivity index (χ1) is 18.9. The van der Waals surface area contributed by atoms with Crippen LogP contribution < -0.4 is 10.6 Å². The number of aryl methyl sites for hydroxylation is 2. The van der Waals surface area contributed by atoms with Crippen molar-refractivity contribution in [3.05, 3.63) is 95.3 Å². The van der Waals surface area contributed by atoms with Crippen LogP contribution in [0.1, 0.15) is 35.4 Å². The third kappa shape index (κ3) is 9.77. The molecule has 2 atom stereocenters. The van der Waals surface area contributed by atoms with Gasteiger partial charge in [0.2, 0.25) is 11.8 Å². The standard InChI is InChI=1S/C30H35N3O6/c1-38-29(36)25(19-21-9-5-3-6-10-21)32-27(34)17-15-23-13-14-24(31-23)16-18-28(35)33-26(30(37)39-2)20-22-11-7-4-8-12-22/h3-14,25-26,31H,15-20H2,1-2H3,(H,32,34)(H,33,35)/t25-,26-/m0/s1. The van der Waals surface area contributed by atoms with Crippen molar-refractivity contribution in [2.24, 2.45) is 0 Å². The number of hydrogen-bond donors (Lipinski definition) is 3. The molecule has 1 aromatic heterocycles. The second kappa shape index (κ2) is 15.1. The zero-order chi connectivity index (χ0) is 28.0. The molecule has 206 valence electrons. The highest BCUT2D eigenvalue weighted by Gasteiger charge is 2.23. The first-order valence-corrected chi connectivity index (χ1v) is 12.9. The molecule has 2 aromatic carbocycles. The van der Waals surface area contributed by atoms with E-state index in [2.05, 4.69) is 15.6 Å². The summed E-state index contributed by atoms with van der Waals surface area (Å²) in [6.07, 6.45) is 1.94. The maximum Gasteiger partial charge on any atom is 0.328 e. The largest absolute Gasteiger partial charge is 0.467 e. The van der Waals surface area contributed by atoms with Crippen molar-refractivity contribution in [2.75, 3.05) is 14.2 Å². The monoisotopic (exact) mass is 533 g/mol. The Labute approximate surface area is 228 Å². The van der Waals surface area contributed by atoms with Gasteiger partial charge in [-0.05, 0) is 36.1 Å². The molecule has 0 aliphatic carbocycles. The number of aromatic amines is 1. The molecule has 0 saturated heterocycles. The van der Waals surface area contributed by atoms with Gasteiger partial charge in [-0.3, -0.25) is 9.59 Å². The second-order valence-corrected chi connectivity index (χ2v) is 9.17. The third-order valence-corrected chi connectivity index (χ3v) is 6.26. The first kappa shape index (κ1) is 29.2. The molecule has 0 radical (unpaired) electrons. The predicted molar refractivity (Wildman–Crippen MR) is 146 cm³/mol. The summed E-state index contributed by atoms with van der Waals surface area (Å²) in [6, 6.07) is 21.0. The number of methoxy groups -OCH3 is 2. The van der Waals surface area contributed by atoms with Crippen LogP contribution in [-0.4, -0.2) is 55.0 Å². The Kier molecular flexibility index (Phi) is 11.3. The van der Waals surface area contributed by atoms with Crippen molar-refractivity contribution in [3.8, 4) is 0 Å². The quantitative estimate of drug-likeness (QED) is 0.274. The van der Waals surface area contributed by atoms with E-state index in [0.717, 1.165) is 22.5 Å². The molecule has 0 spiro atoms. The van der Waals surface area contributed by atoms with E-state index in [0.29, 0.717) is 25.7 Å². The smallest absolute Gasteiger partial charge is 0.328 e. The number of rotatable bonds is 14. The number of ether oxygens (including phenoxy) is 2. The van der Waals surface area contributed by atoms with Crippen LogP contribution in [0.3, 0.4) is 0 Å². The maximum absolute atomic E-state index is 12.5. The fraction of sp³-hybridized carbons (Fsp3) is 0.333. The molecule has 3 N–H and O–H groups in total. The lowest BCUT2D eigenvalue weighted by Gasteiger charge is -2.16. The Balaban J connectivity index is 1.45. The van der Waals surface area contributed by atoms with E-state index >= 15 is 0 Å². The molecular weight excluding hydrogens is 498 g/mol. The molecular formula is C30H35N3O6. The zero-order valence-electron chi connectivity index (χ0n) is 22.3. The maximum atomic E-state index is 12.5. The van der Waals surface area contributed by atoms with Crippen LogP contribution in [0.5, 0.6) is 0 Å². The molecule has 2 amide bonds. The Morgan fingerprint density at radius 1 is 0.641 bits per heavy atom. The third-order valence-electron chi connectivity index (χ3n) is 6.26. The normalized spacial score (nSPS) is 12.2. The minimum atomic E-state index is -0.765. The van der Waals surface area contributed by atoms with Crippen LogP contribution in [0, 0.1) is 0 Å². The summed E-state index contributed by atoms with van der Waals surface area (Å²) < 4.78 is 9.71. The number of nitrogens with one attached hydrogen (secondary N) is 3. The molecule has 39 heavy (non-hydrogen) atoms. The zero-order valence-corrected chi connectivity index (χ0v) is 22.3. The molecule has 0 aliphatic rings. The van der Waals surface area contributed by atoms with Gasteiger partial charge in [-0.15, -0.1) is 0 Å². The van der Waals surface area contributed by atoms with Crippen molar-refractivity contribution in [2.45, 2.75) is 50.6 Å². The minimum Gasteiger partial charge on any atom is -0.467 e. The van der Waals surface area contributed by atoms with Crippen molar-refractivity contribution >= 4 is 23.8 Å². The highest BCUT2D eigenvalue weighted by Crippen LogP contribution is 2.10. The van der Waals surface area contributed by atoms with Gasteiger partial charge in [-0.2, -0.15) is 0 Å². The molecule has 0 saturated carbocycles. The van der Waals surface area contributed by atoms with E-state index in [1.165, 1.54) is 14.2 Å². The SMILES string of the molecule is COC(=O)[C@H](Cc1ccccc1)NC(=O)CCc1ccc(CCC(=O)N[C@@H](Cc2ccccc2)C(=O)OC)[nH]1. The van der Waals surface area contributed by atoms with Gasteiger partial charge < -0.3 is 25.1 Å². The molecule has 0 aliphatic heterocycles. The van der Waals surface area contributed by atoms with Crippen LogP contribution in [0.25, 0.3) is 0 Å². The van der Waals surface area contributed by atoms with Gasteiger partial charge in [0.1, 0.15) is 12.1 Å². The summed E-state index contributed by atoms with van der Waals surface area (Å²) in [6.45, 7) is 0. The predicted octanol–water partition coefficient (Wildman–Crippen LogP) is 2.68. The number of benzene rings is 2. The van der Waals surface area contributed by atoms with Crippen molar-refractivity contribution in [1.82, 2.24) is 15.6 Å². The summed E-state index contributed by atoms with van der Waals surface area (Å²) in [4.78, 5) is 52.7. The lowest BCUT2D eigenvalue weighted by Crippen LogP contribution is -2.43. The van der Waals surface area contributed by atoms with Crippen LogP contribution >= 0.6 is 0 Å². The van der Waals surface area contributed by atoms with Gasteiger partial charge in [0.05, 0.1) is 14.2 Å². The molecule has 0 bridgehead atoms. The molecule has 3 aromatic rings. The number of hydrogen-bond acceptors (Lipinski definition) is 6. The number of carbonyl (C=O) groups is 4. The number of amides is 2. The topological polar surface area (TPSA) is 127 Å². The van der Waals surface area contributed by atoms with E-state index in [1.807, 2.05) is 72.8 Å². The Morgan fingerprint density at radius 2 is 1.03 bits per heavy atom. The van der Waals surface area contributed by atoms with Crippen LogP contribution in [0.15, 0.2) is 72.8 Å². The van der Waals surface area contributed by atoms with Crippen molar-refractivity contribution in [3.63, 3.8) is 0 Å². The molecule has 3 rings (SSSR count). The molecule has 9 nitrogen and oxygen atoms in total. The summed E-state index contributed by atoms with van der Waals surface area (Å²) in [5.41, 5.74) is 3.53. The highest BCUT2D eigenvalue weighted by atomic mass is 16.5. The Morgan fingerprint density at radius 3 is 1.38 bits per heavy atom. The Bertz CT molecular complexity index is 1130. The molecule has 0 unspecified atom stereocenters. The second-order valence-electron chi connectivity index (χ2n) is 9.17. The summed E-state index contributed by atoms with van der Waals surface area (Å²) in [5, 5.41) is 5.53. The molecule has 1 heterocycles. The number of H-pyrrole nitrogens is 1. The minimum absolute atomic E-state index is 0.184.